The number of hydrogen-bond acceptors (Lipinski definition) is 5. The van der Waals surface area contributed by atoms with Gasteiger partial charge in [0.1, 0.15) is 0 Å². The van der Waals surface area contributed by atoms with Crippen LogP contribution in [0.25, 0.3) is 0 Å². The molecule has 1 aromatic rings. The predicted molar refractivity (Wildman–Crippen MR) is 76.3 cm³/mol. The normalized spacial score (nSPS) is 22.9. The average Bonchev–Trinajstić information content (AvgIpc) is 2.37. The van der Waals surface area contributed by atoms with Gasteiger partial charge in [-0.2, -0.15) is 0 Å². The number of hydrogen-bond donors (Lipinski definition) is 0. The van der Waals surface area contributed by atoms with Gasteiger partial charge in [0.05, 0.1) is 23.7 Å². The number of rotatable bonds is 4. The SMILES string of the molecule is COCC1CN(c2ccc([N+](=O)[O-])c(C)c2)CC(C)O1. The van der Waals surface area contributed by atoms with E-state index in [0.717, 1.165) is 18.8 Å². The second kappa shape index (κ2) is 6.19. The highest BCUT2D eigenvalue weighted by atomic mass is 16.6. The van der Waals surface area contributed by atoms with Crippen molar-refractivity contribution in [2.45, 2.75) is 26.1 Å². The maximum absolute atomic E-state index is 10.9. The van der Waals surface area contributed by atoms with Crippen LogP contribution in [0.2, 0.25) is 0 Å². The van der Waals surface area contributed by atoms with Crippen LogP contribution < -0.4 is 4.90 Å². The Hall–Kier alpha value is -1.66. The van der Waals surface area contributed by atoms with Crippen molar-refractivity contribution in [3.8, 4) is 0 Å². The number of nitro benzene ring substituents is 1. The minimum absolute atomic E-state index is 0.0271. The van der Waals surface area contributed by atoms with Crippen LogP contribution in [-0.4, -0.2) is 43.9 Å². The van der Waals surface area contributed by atoms with Crippen LogP contribution in [0.4, 0.5) is 11.4 Å². The minimum Gasteiger partial charge on any atom is -0.382 e. The zero-order chi connectivity index (χ0) is 14.7. The summed E-state index contributed by atoms with van der Waals surface area (Å²) in [7, 11) is 1.66. The molecule has 0 amide bonds. The van der Waals surface area contributed by atoms with E-state index in [4.69, 9.17) is 9.47 Å². The number of ether oxygens (including phenoxy) is 2. The van der Waals surface area contributed by atoms with E-state index >= 15 is 0 Å². The van der Waals surface area contributed by atoms with E-state index in [2.05, 4.69) is 4.90 Å². The van der Waals surface area contributed by atoms with Gasteiger partial charge in [0.25, 0.3) is 5.69 Å². The van der Waals surface area contributed by atoms with Crippen molar-refractivity contribution in [3.63, 3.8) is 0 Å². The molecule has 2 atom stereocenters. The first-order chi connectivity index (χ1) is 9.51. The van der Waals surface area contributed by atoms with Crippen molar-refractivity contribution in [1.82, 2.24) is 0 Å². The standard InChI is InChI=1S/C14H20N2O4/c1-10-6-12(4-5-14(10)16(17)18)15-7-11(2)20-13(8-15)9-19-3/h4-6,11,13H,7-9H2,1-3H3. The van der Waals surface area contributed by atoms with Crippen molar-refractivity contribution in [2.24, 2.45) is 0 Å². The maximum Gasteiger partial charge on any atom is 0.272 e. The van der Waals surface area contributed by atoms with Crippen molar-refractivity contribution < 1.29 is 14.4 Å². The second-order valence-electron chi connectivity index (χ2n) is 5.16. The molecule has 1 aliphatic rings. The molecule has 0 N–H and O–H groups in total. The molecule has 1 aliphatic heterocycles. The molecule has 110 valence electrons. The van der Waals surface area contributed by atoms with Crippen molar-refractivity contribution in [2.75, 3.05) is 31.7 Å². The van der Waals surface area contributed by atoms with E-state index in [9.17, 15) is 10.1 Å². The summed E-state index contributed by atoms with van der Waals surface area (Å²) in [6.45, 7) is 5.84. The molecule has 6 nitrogen and oxygen atoms in total. The van der Waals surface area contributed by atoms with Gasteiger partial charge in [0, 0.05) is 37.5 Å². The van der Waals surface area contributed by atoms with E-state index in [1.165, 1.54) is 0 Å². The molecule has 2 rings (SSSR count). The van der Waals surface area contributed by atoms with Gasteiger partial charge in [-0.25, -0.2) is 0 Å². The van der Waals surface area contributed by atoms with Gasteiger partial charge < -0.3 is 14.4 Å². The summed E-state index contributed by atoms with van der Waals surface area (Å²) in [5, 5.41) is 10.9. The third kappa shape index (κ3) is 3.26. The monoisotopic (exact) mass is 280 g/mol. The molecule has 0 saturated carbocycles. The summed E-state index contributed by atoms with van der Waals surface area (Å²) >= 11 is 0. The molecule has 0 bridgehead atoms. The smallest absolute Gasteiger partial charge is 0.272 e. The molecule has 1 saturated heterocycles. The van der Waals surface area contributed by atoms with Crippen LogP contribution in [-0.2, 0) is 9.47 Å². The van der Waals surface area contributed by atoms with E-state index in [1.54, 1.807) is 26.2 Å². The number of anilines is 1. The number of morpholine rings is 1. The van der Waals surface area contributed by atoms with Crippen molar-refractivity contribution in [3.05, 3.63) is 33.9 Å². The lowest BCUT2D eigenvalue weighted by Crippen LogP contribution is -2.48. The van der Waals surface area contributed by atoms with Crippen LogP contribution in [0.3, 0.4) is 0 Å². The van der Waals surface area contributed by atoms with E-state index in [0.29, 0.717) is 12.2 Å². The number of aryl methyl sites for hydroxylation is 1. The first-order valence-corrected chi connectivity index (χ1v) is 6.65. The van der Waals surface area contributed by atoms with E-state index in [-0.39, 0.29) is 22.8 Å². The van der Waals surface area contributed by atoms with Gasteiger partial charge >= 0.3 is 0 Å². The first kappa shape index (κ1) is 14.7. The molecule has 0 spiro atoms. The lowest BCUT2D eigenvalue weighted by molar-refractivity contribution is -0.385. The average molecular weight is 280 g/mol. The summed E-state index contributed by atoms with van der Waals surface area (Å²) < 4.78 is 10.9. The number of benzene rings is 1. The highest BCUT2D eigenvalue weighted by Crippen LogP contribution is 2.26. The van der Waals surface area contributed by atoms with E-state index < -0.39 is 0 Å². The van der Waals surface area contributed by atoms with Crippen molar-refractivity contribution in [1.29, 1.82) is 0 Å². The predicted octanol–water partition coefficient (Wildman–Crippen LogP) is 2.14. The van der Waals surface area contributed by atoms with Crippen LogP contribution in [0.15, 0.2) is 18.2 Å². The lowest BCUT2D eigenvalue weighted by Gasteiger charge is -2.38. The molecule has 1 fully saturated rings. The molecule has 6 heteroatoms. The van der Waals surface area contributed by atoms with Crippen LogP contribution in [0, 0.1) is 17.0 Å². The fraction of sp³-hybridized carbons (Fsp3) is 0.571. The van der Waals surface area contributed by atoms with Gasteiger partial charge in [-0.15, -0.1) is 0 Å². The molecule has 0 aliphatic carbocycles. The fourth-order valence-corrected chi connectivity index (χ4v) is 2.58. The van der Waals surface area contributed by atoms with Crippen LogP contribution >= 0.6 is 0 Å². The Balaban J connectivity index is 2.18. The Bertz CT molecular complexity index is 492. The van der Waals surface area contributed by atoms with Gasteiger partial charge in [-0.3, -0.25) is 10.1 Å². The largest absolute Gasteiger partial charge is 0.382 e. The zero-order valence-corrected chi connectivity index (χ0v) is 12.0. The fourth-order valence-electron chi connectivity index (χ4n) is 2.58. The Morgan fingerprint density at radius 3 is 2.85 bits per heavy atom. The number of nitrogens with zero attached hydrogens (tertiary/aromatic N) is 2. The molecule has 0 radical (unpaired) electrons. The topological polar surface area (TPSA) is 64.8 Å². The molecule has 0 aromatic heterocycles. The molecular weight excluding hydrogens is 260 g/mol. The molecular formula is C14H20N2O4. The summed E-state index contributed by atoms with van der Waals surface area (Å²) in [6.07, 6.45) is 0.138. The summed E-state index contributed by atoms with van der Waals surface area (Å²) in [4.78, 5) is 12.7. The third-order valence-corrected chi connectivity index (χ3v) is 3.42. The van der Waals surface area contributed by atoms with Crippen LogP contribution in [0.1, 0.15) is 12.5 Å². The second-order valence-corrected chi connectivity index (χ2v) is 5.16. The highest BCUT2D eigenvalue weighted by Gasteiger charge is 2.26. The van der Waals surface area contributed by atoms with Crippen LogP contribution in [0.5, 0.6) is 0 Å². The summed E-state index contributed by atoms with van der Waals surface area (Å²) in [6, 6.07) is 5.23. The van der Waals surface area contributed by atoms with Gasteiger partial charge in [0.15, 0.2) is 0 Å². The molecule has 1 aromatic carbocycles. The Kier molecular flexibility index (Phi) is 4.57. The van der Waals surface area contributed by atoms with E-state index in [1.807, 2.05) is 13.0 Å². The maximum atomic E-state index is 10.9. The quantitative estimate of drug-likeness (QED) is 0.624. The van der Waals surface area contributed by atoms with Crippen molar-refractivity contribution >= 4 is 11.4 Å². The molecule has 1 heterocycles. The Labute approximate surface area is 118 Å². The number of methoxy groups -OCH3 is 1. The molecule has 2 unspecified atom stereocenters. The van der Waals surface area contributed by atoms with Gasteiger partial charge in [0.2, 0.25) is 0 Å². The Morgan fingerprint density at radius 1 is 1.50 bits per heavy atom. The highest BCUT2D eigenvalue weighted by molar-refractivity contribution is 5.55. The van der Waals surface area contributed by atoms with Gasteiger partial charge in [-0.1, -0.05) is 0 Å². The molecule has 20 heavy (non-hydrogen) atoms. The zero-order valence-electron chi connectivity index (χ0n) is 12.0. The minimum atomic E-state index is -0.352. The van der Waals surface area contributed by atoms with Gasteiger partial charge in [-0.05, 0) is 26.0 Å². The third-order valence-electron chi connectivity index (χ3n) is 3.42. The Morgan fingerprint density at radius 2 is 2.25 bits per heavy atom. The first-order valence-electron chi connectivity index (χ1n) is 6.65. The summed E-state index contributed by atoms with van der Waals surface area (Å²) in [5.74, 6) is 0. The summed E-state index contributed by atoms with van der Waals surface area (Å²) in [5.41, 5.74) is 1.82. The lowest BCUT2D eigenvalue weighted by atomic mass is 10.1. The number of nitro groups is 1.